The van der Waals surface area contributed by atoms with Crippen molar-refractivity contribution >= 4 is 6.21 Å². The smallest absolute Gasteiger partial charge is 0.169 e. The molecule has 32 heavy (non-hydrogen) atoms. The average molecular weight is 437 g/mol. The van der Waals surface area contributed by atoms with E-state index in [0.29, 0.717) is 35.9 Å². The third kappa shape index (κ3) is 3.91. The van der Waals surface area contributed by atoms with Crippen molar-refractivity contribution in [1.29, 1.82) is 0 Å². The first-order valence-corrected chi connectivity index (χ1v) is 10.4. The zero-order valence-electron chi connectivity index (χ0n) is 17.4. The van der Waals surface area contributed by atoms with Crippen LogP contribution in [0, 0.1) is 11.6 Å². The van der Waals surface area contributed by atoms with Gasteiger partial charge in [-0.25, -0.2) is 18.7 Å². The summed E-state index contributed by atoms with van der Waals surface area (Å²) in [6, 6.07) is 5.84. The van der Waals surface area contributed by atoms with Gasteiger partial charge < -0.3 is 14.5 Å². The number of unbranched alkanes of at least 4 members (excludes halogenated alkanes) is 1. The van der Waals surface area contributed by atoms with Gasteiger partial charge in [0.15, 0.2) is 17.4 Å². The number of H-pyrrole nitrogens is 2. The van der Waals surface area contributed by atoms with Crippen LogP contribution in [0.3, 0.4) is 0 Å². The van der Waals surface area contributed by atoms with Gasteiger partial charge in [0.2, 0.25) is 0 Å². The van der Waals surface area contributed by atoms with Crippen molar-refractivity contribution in [3.8, 4) is 22.8 Å². The average Bonchev–Trinajstić information content (AvgIpc) is 3.53. The molecule has 4 aromatic rings. The summed E-state index contributed by atoms with van der Waals surface area (Å²) < 4.78 is 33.1. The maximum absolute atomic E-state index is 14.1. The topological polar surface area (TPSA) is 99.0 Å². The number of nitrogens with zero attached hydrogens (tertiary/aromatic N) is 5. The lowest BCUT2D eigenvalue weighted by atomic mass is 10.2. The third-order valence-electron chi connectivity index (χ3n) is 5.26. The minimum Gasteiger partial charge on any atom is -0.359 e. The van der Waals surface area contributed by atoms with Crippen molar-refractivity contribution in [1.82, 2.24) is 30.1 Å². The van der Waals surface area contributed by atoms with Crippen LogP contribution in [0.2, 0.25) is 0 Å². The number of rotatable bonds is 7. The Hall–Kier alpha value is -3.82. The van der Waals surface area contributed by atoms with Crippen molar-refractivity contribution in [3.05, 3.63) is 65.1 Å². The van der Waals surface area contributed by atoms with Crippen LogP contribution >= 0.6 is 0 Å². The number of hydrazone groups is 1. The van der Waals surface area contributed by atoms with Gasteiger partial charge in [-0.2, -0.15) is 5.10 Å². The van der Waals surface area contributed by atoms with Crippen molar-refractivity contribution < 1.29 is 13.3 Å². The largest absolute Gasteiger partial charge is 0.359 e. The number of fused-ring (bicyclic) bond motifs is 1. The molecule has 2 N–H and O–H groups in total. The van der Waals surface area contributed by atoms with E-state index in [-0.39, 0.29) is 11.4 Å². The van der Waals surface area contributed by atoms with Crippen molar-refractivity contribution in [3.63, 3.8) is 0 Å². The molecule has 10 heteroatoms. The van der Waals surface area contributed by atoms with Crippen LogP contribution in [-0.4, -0.2) is 36.3 Å². The number of imidazole rings is 2. The van der Waals surface area contributed by atoms with Crippen LogP contribution in [0.15, 0.2) is 40.1 Å². The predicted octanol–water partition coefficient (Wildman–Crippen LogP) is 4.43. The molecule has 164 valence electrons. The lowest BCUT2D eigenvalue weighted by Crippen LogP contribution is -2.21. The number of hydrogen-bond acceptors (Lipinski definition) is 6. The molecule has 0 amide bonds. The SMILES string of the molecule is CCCCc1nc(-c2cc(CN3Cc4nc(-c5cccc(F)c5F)[nH]c4C=N3)on2)c[nH]1. The second-order valence-electron chi connectivity index (χ2n) is 7.63. The normalized spacial score (nSPS) is 13.0. The number of hydrogen-bond donors (Lipinski definition) is 2. The summed E-state index contributed by atoms with van der Waals surface area (Å²) in [4.78, 5) is 15.2. The second kappa shape index (κ2) is 8.37. The maximum Gasteiger partial charge on any atom is 0.169 e. The van der Waals surface area contributed by atoms with E-state index < -0.39 is 11.6 Å². The number of aryl methyl sites for hydroxylation is 1. The molecule has 3 aromatic heterocycles. The van der Waals surface area contributed by atoms with Gasteiger partial charge in [-0.3, -0.25) is 5.01 Å². The highest BCUT2D eigenvalue weighted by Crippen LogP contribution is 2.26. The molecule has 0 fully saturated rings. The number of nitrogens with one attached hydrogen (secondary N) is 2. The summed E-state index contributed by atoms with van der Waals surface area (Å²) >= 11 is 0. The molecule has 0 unspecified atom stereocenters. The van der Waals surface area contributed by atoms with E-state index in [1.807, 2.05) is 12.3 Å². The fraction of sp³-hybridized carbons (Fsp3) is 0.273. The van der Waals surface area contributed by atoms with Crippen molar-refractivity contribution in [2.45, 2.75) is 39.3 Å². The Kier molecular flexibility index (Phi) is 5.26. The molecule has 0 radical (unpaired) electrons. The van der Waals surface area contributed by atoms with Crippen LogP contribution < -0.4 is 0 Å². The van der Waals surface area contributed by atoms with E-state index in [2.05, 4.69) is 37.1 Å². The Bertz CT molecular complexity index is 1270. The Morgan fingerprint density at radius 3 is 2.97 bits per heavy atom. The van der Waals surface area contributed by atoms with Gasteiger partial charge in [0.25, 0.3) is 0 Å². The summed E-state index contributed by atoms with van der Waals surface area (Å²) in [5, 5.41) is 10.3. The monoisotopic (exact) mass is 437 g/mol. The van der Waals surface area contributed by atoms with Gasteiger partial charge in [0.1, 0.15) is 23.0 Å². The molecule has 1 aliphatic heterocycles. The predicted molar refractivity (Wildman–Crippen MR) is 113 cm³/mol. The Morgan fingerprint density at radius 1 is 1.19 bits per heavy atom. The second-order valence-corrected chi connectivity index (χ2v) is 7.63. The Labute approximate surface area is 182 Å². The highest BCUT2D eigenvalue weighted by Gasteiger charge is 2.21. The van der Waals surface area contributed by atoms with Gasteiger partial charge in [-0.1, -0.05) is 24.6 Å². The van der Waals surface area contributed by atoms with E-state index in [0.717, 1.165) is 36.8 Å². The first-order chi connectivity index (χ1) is 15.6. The summed E-state index contributed by atoms with van der Waals surface area (Å²) in [6.07, 6.45) is 6.52. The number of aromatic amines is 2. The zero-order valence-corrected chi connectivity index (χ0v) is 17.4. The van der Waals surface area contributed by atoms with E-state index in [9.17, 15) is 8.78 Å². The molecule has 8 nitrogen and oxygen atoms in total. The summed E-state index contributed by atoms with van der Waals surface area (Å²) in [6.45, 7) is 2.91. The molecule has 1 aromatic carbocycles. The first kappa shape index (κ1) is 20.1. The fourth-order valence-corrected chi connectivity index (χ4v) is 3.57. The molecule has 5 rings (SSSR count). The fourth-order valence-electron chi connectivity index (χ4n) is 3.57. The molecular weight excluding hydrogens is 416 g/mol. The molecule has 4 heterocycles. The quantitative estimate of drug-likeness (QED) is 0.446. The lowest BCUT2D eigenvalue weighted by molar-refractivity contribution is 0.229. The maximum atomic E-state index is 14.1. The summed E-state index contributed by atoms with van der Waals surface area (Å²) in [5.41, 5.74) is 2.83. The highest BCUT2D eigenvalue weighted by molar-refractivity contribution is 5.80. The highest BCUT2D eigenvalue weighted by atomic mass is 19.2. The molecule has 0 atom stereocenters. The number of aromatic nitrogens is 5. The van der Waals surface area contributed by atoms with Gasteiger partial charge in [-0.15, -0.1) is 0 Å². The minimum atomic E-state index is -0.933. The molecule has 0 saturated heterocycles. The molecule has 1 aliphatic rings. The standard InChI is InChI=1S/C22H21F2N7O/c1-2-3-7-20-25-9-17(27-20)16-8-13(32-30-16)11-31-12-19-18(10-26-31)28-22(29-19)14-5-4-6-15(23)21(14)24/h4-6,8-10H,2-3,7,11-12H2,1H3,(H,25,27)(H,28,29). The van der Waals surface area contributed by atoms with Crippen molar-refractivity contribution in [2.24, 2.45) is 5.10 Å². The molecular formula is C22H21F2N7O. The van der Waals surface area contributed by atoms with E-state index >= 15 is 0 Å². The van der Waals surface area contributed by atoms with E-state index in [1.54, 1.807) is 11.2 Å². The van der Waals surface area contributed by atoms with Crippen molar-refractivity contribution in [2.75, 3.05) is 0 Å². The van der Waals surface area contributed by atoms with Gasteiger partial charge in [0.05, 0.1) is 36.3 Å². The minimum absolute atomic E-state index is 0.0801. The Morgan fingerprint density at radius 2 is 2.09 bits per heavy atom. The van der Waals surface area contributed by atoms with Crippen LogP contribution in [0.25, 0.3) is 22.8 Å². The van der Waals surface area contributed by atoms with Gasteiger partial charge >= 0.3 is 0 Å². The Balaban J connectivity index is 1.28. The number of benzene rings is 1. The first-order valence-electron chi connectivity index (χ1n) is 10.4. The van der Waals surface area contributed by atoms with E-state index in [1.165, 1.54) is 12.1 Å². The van der Waals surface area contributed by atoms with Gasteiger partial charge in [-0.05, 0) is 18.6 Å². The zero-order chi connectivity index (χ0) is 22.1. The van der Waals surface area contributed by atoms with Crippen LogP contribution in [0.5, 0.6) is 0 Å². The van der Waals surface area contributed by atoms with E-state index in [4.69, 9.17) is 4.52 Å². The van der Waals surface area contributed by atoms with Crippen LogP contribution in [-0.2, 0) is 19.5 Å². The van der Waals surface area contributed by atoms with Gasteiger partial charge in [0, 0.05) is 18.7 Å². The number of halogens is 2. The lowest BCUT2D eigenvalue weighted by Gasteiger charge is -2.19. The summed E-state index contributed by atoms with van der Waals surface area (Å²) in [7, 11) is 0. The van der Waals surface area contributed by atoms with Crippen LogP contribution in [0.4, 0.5) is 8.78 Å². The molecule has 0 bridgehead atoms. The molecule has 0 saturated carbocycles. The third-order valence-corrected chi connectivity index (χ3v) is 5.26. The summed E-state index contributed by atoms with van der Waals surface area (Å²) in [5.74, 6) is -0.0191. The van der Waals surface area contributed by atoms with Crippen LogP contribution in [0.1, 0.15) is 42.7 Å². The molecule has 0 aliphatic carbocycles. The molecule has 0 spiro atoms.